The van der Waals surface area contributed by atoms with Gasteiger partial charge in [0.2, 0.25) is 5.91 Å². The molecule has 4 nitrogen and oxygen atoms in total. The molecule has 0 saturated carbocycles. The molecule has 2 saturated heterocycles. The van der Waals surface area contributed by atoms with Crippen molar-refractivity contribution < 1.29 is 4.79 Å². The second-order valence-corrected chi connectivity index (χ2v) is 6.63. The Hall–Kier alpha value is -0.910. The Labute approximate surface area is 128 Å². The van der Waals surface area contributed by atoms with E-state index in [-0.39, 0.29) is 5.91 Å². The molecule has 1 aromatic carbocycles. The van der Waals surface area contributed by atoms with E-state index >= 15 is 0 Å². The molecule has 1 amide bonds. The van der Waals surface area contributed by atoms with Gasteiger partial charge in [0.05, 0.1) is 12.2 Å². The fourth-order valence-corrected chi connectivity index (χ4v) is 3.79. The van der Waals surface area contributed by atoms with E-state index in [0.717, 1.165) is 29.8 Å². The fourth-order valence-electron chi connectivity index (χ4n) is 3.40. The summed E-state index contributed by atoms with van der Waals surface area (Å²) >= 11 is 3.45. The summed E-state index contributed by atoms with van der Waals surface area (Å²) in [4.78, 5) is 14.5. The average molecular weight is 338 g/mol. The van der Waals surface area contributed by atoms with Crippen molar-refractivity contribution in [2.24, 2.45) is 11.8 Å². The smallest absolute Gasteiger partial charge is 0.238 e. The second kappa shape index (κ2) is 5.84. The van der Waals surface area contributed by atoms with Gasteiger partial charge in [-0.05, 0) is 59.9 Å². The molecule has 0 aromatic heterocycles. The first-order chi connectivity index (χ1) is 9.65. The number of nitrogens with one attached hydrogen (secondary N) is 2. The number of carbonyl (C=O) groups excluding carboxylic acids is 1. The van der Waals surface area contributed by atoms with Gasteiger partial charge in [-0.2, -0.15) is 0 Å². The summed E-state index contributed by atoms with van der Waals surface area (Å²) in [6, 6.07) is 8.20. The molecule has 5 heteroatoms. The molecular weight excluding hydrogens is 318 g/mol. The predicted molar refractivity (Wildman–Crippen MR) is 83.7 cm³/mol. The number of fused-ring (bicyclic) bond motifs is 1. The summed E-state index contributed by atoms with van der Waals surface area (Å²) < 4.78 is 0.920. The number of anilines is 1. The highest BCUT2D eigenvalue weighted by molar-refractivity contribution is 9.10. The van der Waals surface area contributed by atoms with E-state index < -0.39 is 0 Å². The van der Waals surface area contributed by atoms with Crippen molar-refractivity contribution in [1.29, 1.82) is 0 Å². The number of rotatable bonds is 3. The molecule has 2 fully saturated rings. The Morgan fingerprint density at radius 2 is 2.25 bits per heavy atom. The summed E-state index contributed by atoms with van der Waals surface area (Å²) in [5, 5.41) is 6.42. The number of hydrogen-bond donors (Lipinski definition) is 2. The lowest BCUT2D eigenvalue weighted by Crippen LogP contribution is -2.38. The zero-order valence-electron chi connectivity index (χ0n) is 11.6. The van der Waals surface area contributed by atoms with Crippen LogP contribution in [0.5, 0.6) is 0 Å². The molecular formula is C15H20BrN3O. The highest BCUT2D eigenvalue weighted by atomic mass is 79.9. The van der Waals surface area contributed by atoms with Gasteiger partial charge in [-0.25, -0.2) is 0 Å². The molecule has 2 heterocycles. The van der Waals surface area contributed by atoms with Crippen molar-refractivity contribution >= 4 is 27.5 Å². The van der Waals surface area contributed by atoms with Crippen LogP contribution in [0.4, 0.5) is 5.69 Å². The fraction of sp³-hybridized carbons (Fsp3) is 0.533. The number of para-hydroxylation sites is 1. The van der Waals surface area contributed by atoms with Gasteiger partial charge in [-0.3, -0.25) is 9.69 Å². The lowest BCUT2D eigenvalue weighted by Gasteiger charge is -2.23. The molecule has 0 aliphatic carbocycles. The van der Waals surface area contributed by atoms with Crippen LogP contribution in [0.25, 0.3) is 0 Å². The van der Waals surface area contributed by atoms with Gasteiger partial charge >= 0.3 is 0 Å². The maximum atomic E-state index is 12.2. The number of hydrogen-bond acceptors (Lipinski definition) is 3. The van der Waals surface area contributed by atoms with Crippen LogP contribution in [0, 0.1) is 11.8 Å². The van der Waals surface area contributed by atoms with Crippen molar-refractivity contribution in [1.82, 2.24) is 10.2 Å². The number of nitrogens with zero attached hydrogens (tertiary/aromatic N) is 1. The van der Waals surface area contributed by atoms with Crippen molar-refractivity contribution in [3.8, 4) is 0 Å². The highest BCUT2D eigenvalue weighted by Gasteiger charge is 2.42. The third-order valence-corrected chi connectivity index (χ3v) is 5.24. The first-order valence-electron chi connectivity index (χ1n) is 7.14. The standard InChI is InChI=1S/C15H20BrN3O/c1-10-12-7-17-6-11(12)8-19(10)9-15(20)18-14-5-3-2-4-13(14)16/h2-5,10-12,17H,6-9H2,1H3,(H,18,20). The monoisotopic (exact) mass is 337 g/mol. The lowest BCUT2D eigenvalue weighted by molar-refractivity contribution is -0.117. The van der Waals surface area contributed by atoms with E-state index in [1.165, 1.54) is 0 Å². The Bertz CT molecular complexity index is 508. The van der Waals surface area contributed by atoms with E-state index in [2.05, 4.69) is 38.4 Å². The predicted octanol–water partition coefficient (Wildman–Crippen LogP) is 1.93. The Balaban J connectivity index is 1.59. The van der Waals surface area contributed by atoms with Gasteiger partial charge in [0.15, 0.2) is 0 Å². The molecule has 2 aliphatic heterocycles. The minimum atomic E-state index is 0.0664. The van der Waals surface area contributed by atoms with Gasteiger partial charge in [0, 0.05) is 17.1 Å². The van der Waals surface area contributed by atoms with E-state index in [0.29, 0.717) is 24.4 Å². The van der Waals surface area contributed by atoms with Crippen LogP contribution in [-0.4, -0.2) is 43.0 Å². The van der Waals surface area contributed by atoms with Crippen LogP contribution in [-0.2, 0) is 4.79 Å². The SMILES string of the molecule is CC1C2CNCC2CN1CC(=O)Nc1ccccc1Br. The van der Waals surface area contributed by atoms with Crippen LogP contribution in [0.3, 0.4) is 0 Å². The van der Waals surface area contributed by atoms with Crippen LogP contribution >= 0.6 is 15.9 Å². The van der Waals surface area contributed by atoms with Crippen LogP contribution in [0.15, 0.2) is 28.7 Å². The topological polar surface area (TPSA) is 44.4 Å². The third-order valence-electron chi connectivity index (χ3n) is 4.55. The van der Waals surface area contributed by atoms with Gasteiger partial charge in [0.25, 0.3) is 0 Å². The normalized spacial score (nSPS) is 29.4. The number of benzene rings is 1. The molecule has 2 aliphatic rings. The number of carbonyl (C=O) groups is 1. The maximum absolute atomic E-state index is 12.2. The van der Waals surface area contributed by atoms with Gasteiger partial charge < -0.3 is 10.6 Å². The van der Waals surface area contributed by atoms with E-state index in [1.54, 1.807) is 0 Å². The number of likely N-dealkylation sites (tertiary alicyclic amines) is 1. The van der Waals surface area contributed by atoms with Crippen LogP contribution in [0.2, 0.25) is 0 Å². The van der Waals surface area contributed by atoms with E-state index in [1.807, 2.05) is 24.3 Å². The molecule has 3 rings (SSSR count). The number of amides is 1. The molecule has 3 atom stereocenters. The first-order valence-corrected chi connectivity index (χ1v) is 7.93. The summed E-state index contributed by atoms with van der Waals surface area (Å²) in [6.45, 7) is 5.94. The Kier molecular flexibility index (Phi) is 4.10. The molecule has 2 N–H and O–H groups in total. The minimum Gasteiger partial charge on any atom is -0.324 e. The summed E-state index contributed by atoms with van der Waals surface area (Å²) in [5.74, 6) is 1.48. The van der Waals surface area contributed by atoms with Crippen molar-refractivity contribution in [3.63, 3.8) is 0 Å². The van der Waals surface area contributed by atoms with E-state index in [4.69, 9.17) is 0 Å². The van der Waals surface area contributed by atoms with Gasteiger partial charge in [-0.15, -0.1) is 0 Å². The van der Waals surface area contributed by atoms with Crippen LogP contribution in [0.1, 0.15) is 6.92 Å². The zero-order valence-corrected chi connectivity index (χ0v) is 13.2. The van der Waals surface area contributed by atoms with Crippen LogP contribution < -0.4 is 10.6 Å². The molecule has 3 unspecified atom stereocenters. The second-order valence-electron chi connectivity index (χ2n) is 5.78. The summed E-state index contributed by atoms with van der Waals surface area (Å²) in [5.41, 5.74) is 0.839. The molecule has 108 valence electrons. The van der Waals surface area contributed by atoms with Gasteiger partial charge in [0.1, 0.15) is 0 Å². The average Bonchev–Trinajstić information content (AvgIpc) is 2.97. The Morgan fingerprint density at radius 1 is 1.45 bits per heavy atom. The minimum absolute atomic E-state index is 0.0664. The zero-order chi connectivity index (χ0) is 14.1. The Morgan fingerprint density at radius 3 is 3.00 bits per heavy atom. The third kappa shape index (κ3) is 2.75. The van der Waals surface area contributed by atoms with Crippen molar-refractivity contribution in [2.45, 2.75) is 13.0 Å². The molecule has 0 spiro atoms. The molecule has 0 radical (unpaired) electrons. The highest BCUT2D eigenvalue weighted by Crippen LogP contribution is 2.32. The maximum Gasteiger partial charge on any atom is 0.238 e. The van der Waals surface area contributed by atoms with E-state index in [9.17, 15) is 4.79 Å². The lowest BCUT2D eigenvalue weighted by atomic mass is 9.95. The van der Waals surface area contributed by atoms with Crippen molar-refractivity contribution in [2.75, 3.05) is 31.5 Å². The summed E-state index contributed by atoms with van der Waals surface area (Å²) in [6.07, 6.45) is 0. The van der Waals surface area contributed by atoms with Gasteiger partial charge in [-0.1, -0.05) is 12.1 Å². The largest absolute Gasteiger partial charge is 0.324 e. The first kappa shape index (κ1) is 14.0. The van der Waals surface area contributed by atoms with Crippen molar-refractivity contribution in [3.05, 3.63) is 28.7 Å². The molecule has 0 bridgehead atoms. The molecule has 20 heavy (non-hydrogen) atoms. The summed E-state index contributed by atoms with van der Waals surface area (Å²) in [7, 11) is 0. The number of halogens is 1. The molecule has 1 aromatic rings. The quantitative estimate of drug-likeness (QED) is 0.885.